The zero-order valence-corrected chi connectivity index (χ0v) is 14.8. The molecule has 1 aliphatic heterocycles. The molecule has 2 aromatic heterocycles. The van der Waals surface area contributed by atoms with Gasteiger partial charge in [-0.05, 0) is 43.9 Å². The molecule has 134 valence electrons. The monoisotopic (exact) mass is 350 g/mol. The van der Waals surface area contributed by atoms with E-state index in [-0.39, 0.29) is 11.5 Å². The highest BCUT2D eigenvalue weighted by atomic mass is 16.2. The summed E-state index contributed by atoms with van der Waals surface area (Å²) in [6, 6.07) is 7.73. The van der Waals surface area contributed by atoms with Crippen molar-refractivity contribution in [3.8, 4) is 0 Å². The first kappa shape index (κ1) is 16.6. The summed E-state index contributed by atoms with van der Waals surface area (Å²) in [5.41, 5.74) is 2.43. The van der Waals surface area contributed by atoms with Crippen LogP contribution in [0.3, 0.4) is 0 Å². The van der Waals surface area contributed by atoms with Gasteiger partial charge in [-0.1, -0.05) is 6.07 Å². The topological polar surface area (TPSA) is 71.0 Å². The summed E-state index contributed by atoms with van der Waals surface area (Å²) in [5, 5.41) is 0.969. The van der Waals surface area contributed by atoms with E-state index in [1.807, 2.05) is 35.4 Å². The van der Waals surface area contributed by atoms with E-state index in [0.717, 1.165) is 42.4 Å². The molecular formula is C20H22N4O2. The second kappa shape index (κ2) is 6.78. The molecule has 0 unspecified atom stereocenters. The van der Waals surface area contributed by atoms with Crippen LogP contribution in [0.15, 0.2) is 47.8 Å². The number of carbonyl (C=O) groups is 1. The number of hydrogen-bond acceptors (Lipinski definition) is 3. The third-order valence-corrected chi connectivity index (χ3v) is 5.25. The summed E-state index contributed by atoms with van der Waals surface area (Å²) in [6.07, 6.45) is 6.87. The van der Waals surface area contributed by atoms with Crippen molar-refractivity contribution < 1.29 is 4.79 Å². The molecule has 1 aliphatic rings. The van der Waals surface area contributed by atoms with Crippen LogP contribution in [0, 0.1) is 12.8 Å². The van der Waals surface area contributed by atoms with Crippen LogP contribution in [0.2, 0.25) is 0 Å². The zero-order chi connectivity index (χ0) is 18.1. The third-order valence-electron chi connectivity index (χ3n) is 5.25. The minimum Gasteiger partial charge on any atom is -0.361 e. The quantitative estimate of drug-likeness (QED) is 0.789. The number of benzene rings is 1. The maximum Gasteiger partial charge on any atom is 0.256 e. The Hall–Kier alpha value is -2.89. The number of amides is 1. The number of fused-ring (bicyclic) bond motifs is 1. The smallest absolute Gasteiger partial charge is 0.256 e. The van der Waals surface area contributed by atoms with Crippen LogP contribution < -0.4 is 5.56 Å². The van der Waals surface area contributed by atoms with E-state index in [4.69, 9.17) is 0 Å². The van der Waals surface area contributed by atoms with E-state index in [9.17, 15) is 9.59 Å². The molecule has 0 bridgehead atoms. The fourth-order valence-corrected chi connectivity index (χ4v) is 3.73. The maximum absolute atomic E-state index is 12.9. The predicted molar refractivity (Wildman–Crippen MR) is 100 cm³/mol. The van der Waals surface area contributed by atoms with E-state index in [1.54, 1.807) is 24.0 Å². The van der Waals surface area contributed by atoms with Crippen molar-refractivity contribution in [2.75, 3.05) is 13.1 Å². The molecule has 0 radical (unpaired) electrons. The molecule has 3 aromatic rings. The molecule has 26 heavy (non-hydrogen) atoms. The van der Waals surface area contributed by atoms with E-state index >= 15 is 0 Å². The highest BCUT2D eigenvalue weighted by molar-refractivity contribution is 6.06. The molecule has 0 atom stereocenters. The number of nitrogens with zero attached hydrogens (tertiary/aromatic N) is 3. The largest absolute Gasteiger partial charge is 0.361 e. The molecule has 1 saturated heterocycles. The fraction of sp³-hybridized carbons (Fsp3) is 0.350. The molecule has 6 nitrogen and oxygen atoms in total. The summed E-state index contributed by atoms with van der Waals surface area (Å²) in [7, 11) is 0. The van der Waals surface area contributed by atoms with E-state index in [2.05, 4.69) is 9.97 Å². The summed E-state index contributed by atoms with van der Waals surface area (Å²) >= 11 is 0. The van der Waals surface area contributed by atoms with Crippen LogP contribution in [-0.2, 0) is 6.54 Å². The van der Waals surface area contributed by atoms with Crippen LogP contribution in [0.5, 0.6) is 0 Å². The zero-order valence-electron chi connectivity index (χ0n) is 14.8. The van der Waals surface area contributed by atoms with Gasteiger partial charge in [-0.3, -0.25) is 14.2 Å². The Balaban J connectivity index is 1.43. The lowest BCUT2D eigenvalue weighted by molar-refractivity contribution is 0.0684. The number of likely N-dealkylation sites (tertiary alicyclic amines) is 1. The van der Waals surface area contributed by atoms with E-state index in [0.29, 0.717) is 18.0 Å². The first-order chi connectivity index (χ1) is 12.6. The Labute approximate surface area is 151 Å². The standard InChI is InChI=1S/C20H22N4O2/c1-14-11-21-13-24(19(14)25)12-15-6-9-23(10-7-15)20(26)17-3-2-4-18-16(17)5-8-22-18/h2-5,8,11,13,15,22H,6-7,9-10,12H2,1H3. The number of rotatable bonds is 3. The second-order valence-electron chi connectivity index (χ2n) is 7.01. The number of H-pyrrole nitrogens is 1. The van der Waals surface area contributed by atoms with Crippen molar-refractivity contribution in [2.45, 2.75) is 26.3 Å². The van der Waals surface area contributed by atoms with Crippen molar-refractivity contribution in [3.63, 3.8) is 0 Å². The highest BCUT2D eigenvalue weighted by Crippen LogP contribution is 2.23. The predicted octanol–water partition coefficient (Wildman–Crippen LogP) is 2.59. The van der Waals surface area contributed by atoms with Crippen molar-refractivity contribution in [1.29, 1.82) is 0 Å². The normalized spacial score (nSPS) is 15.5. The Kier molecular flexibility index (Phi) is 4.32. The number of hydrogen-bond donors (Lipinski definition) is 1. The lowest BCUT2D eigenvalue weighted by Crippen LogP contribution is -2.40. The van der Waals surface area contributed by atoms with Gasteiger partial charge in [0.05, 0.1) is 6.33 Å². The summed E-state index contributed by atoms with van der Waals surface area (Å²) in [5.74, 6) is 0.478. The van der Waals surface area contributed by atoms with Gasteiger partial charge in [0.15, 0.2) is 0 Å². The average Bonchev–Trinajstić information content (AvgIpc) is 3.14. The second-order valence-corrected chi connectivity index (χ2v) is 7.01. The van der Waals surface area contributed by atoms with Gasteiger partial charge >= 0.3 is 0 Å². The number of aromatic amines is 1. The van der Waals surface area contributed by atoms with Crippen molar-refractivity contribution >= 4 is 16.8 Å². The lowest BCUT2D eigenvalue weighted by Gasteiger charge is -2.32. The lowest BCUT2D eigenvalue weighted by atomic mass is 9.96. The molecule has 1 aromatic carbocycles. The number of aryl methyl sites for hydroxylation is 1. The fourth-order valence-electron chi connectivity index (χ4n) is 3.73. The number of piperidine rings is 1. The van der Waals surface area contributed by atoms with Gasteiger partial charge in [0.2, 0.25) is 0 Å². The van der Waals surface area contributed by atoms with Crippen molar-refractivity contribution in [1.82, 2.24) is 19.4 Å². The summed E-state index contributed by atoms with van der Waals surface area (Å²) in [4.78, 5) is 34.3. The maximum atomic E-state index is 12.9. The van der Waals surface area contributed by atoms with Gasteiger partial charge in [0, 0.05) is 54.1 Å². The first-order valence-corrected chi connectivity index (χ1v) is 9.00. The first-order valence-electron chi connectivity index (χ1n) is 9.00. The van der Waals surface area contributed by atoms with Crippen LogP contribution in [-0.4, -0.2) is 38.4 Å². The van der Waals surface area contributed by atoms with Crippen LogP contribution in [0.4, 0.5) is 0 Å². The molecule has 0 saturated carbocycles. The van der Waals surface area contributed by atoms with Gasteiger partial charge in [0.25, 0.3) is 11.5 Å². The van der Waals surface area contributed by atoms with Crippen molar-refractivity contribution in [2.24, 2.45) is 5.92 Å². The molecule has 6 heteroatoms. The summed E-state index contributed by atoms with van der Waals surface area (Å²) in [6.45, 7) is 3.90. The van der Waals surface area contributed by atoms with Gasteiger partial charge in [-0.2, -0.15) is 0 Å². The minimum absolute atomic E-state index is 0.0256. The van der Waals surface area contributed by atoms with Gasteiger partial charge < -0.3 is 9.88 Å². The van der Waals surface area contributed by atoms with Gasteiger partial charge in [-0.25, -0.2) is 4.98 Å². The Bertz CT molecular complexity index is 996. The molecule has 0 spiro atoms. The Morgan fingerprint density at radius 1 is 1.27 bits per heavy atom. The summed E-state index contributed by atoms with van der Waals surface area (Å²) < 4.78 is 1.69. The molecule has 1 fully saturated rings. The van der Waals surface area contributed by atoms with E-state index in [1.165, 1.54) is 0 Å². The van der Waals surface area contributed by atoms with E-state index < -0.39 is 0 Å². The molecule has 1 amide bonds. The highest BCUT2D eigenvalue weighted by Gasteiger charge is 2.25. The Morgan fingerprint density at radius 3 is 2.88 bits per heavy atom. The molecule has 0 aliphatic carbocycles. The third kappa shape index (κ3) is 3.03. The van der Waals surface area contributed by atoms with Gasteiger partial charge in [0.1, 0.15) is 0 Å². The molecule has 1 N–H and O–H groups in total. The molecular weight excluding hydrogens is 328 g/mol. The molecule has 3 heterocycles. The SMILES string of the molecule is Cc1cncn(CC2CCN(C(=O)c3cccc4[nH]ccc34)CC2)c1=O. The van der Waals surface area contributed by atoms with Crippen LogP contribution in [0.1, 0.15) is 28.8 Å². The number of nitrogens with one attached hydrogen (secondary N) is 1. The van der Waals surface area contributed by atoms with Crippen molar-refractivity contribution in [3.05, 3.63) is 64.5 Å². The van der Waals surface area contributed by atoms with Crippen LogP contribution >= 0.6 is 0 Å². The minimum atomic E-state index is 0.0256. The Morgan fingerprint density at radius 2 is 2.08 bits per heavy atom. The van der Waals surface area contributed by atoms with Crippen LogP contribution in [0.25, 0.3) is 10.9 Å². The molecule has 4 rings (SSSR count). The number of carbonyl (C=O) groups excluding carboxylic acids is 1. The average molecular weight is 350 g/mol. The number of aromatic nitrogens is 3. The van der Waals surface area contributed by atoms with Gasteiger partial charge in [-0.15, -0.1) is 0 Å².